The lowest BCUT2D eigenvalue weighted by molar-refractivity contribution is -0.134. The van der Waals surface area contributed by atoms with Crippen LogP contribution in [0.5, 0.6) is 0 Å². The minimum Gasteiger partial charge on any atom is -0.388 e. The fourth-order valence-electron chi connectivity index (χ4n) is 2.47. The van der Waals surface area contributed by atoms with E-state index >= 15 is 0 Å². The Labute approximate surface area is 123 Å². The van der Waals surface area contributed by atoms with Gasteiger partial charge in [-0.25, -0.2) is 0 Å². The van der Waals surface area contributed by atoms with E-state index in [1.54, 1.807) is 23.6 Å². The number of thioether (sulfide) groups is 1. The average Bonchev–Trinajstić information content (AvgIpc) is 2.69. The quantitative estimate of drug-likeness (QED) is 0.919. The Kier molecular flexibility index (Phi) is 4.75. The summed E-state index contributed by atoms with van der Waals surface area (Å²) < 4.78 is 5.10. The zero-order chi connectivity index (χ0) is 14.8. The second kappa shape index (κ2) is 6.18. The summed E-state index contributed by atoms with van der Waals surface area (Å²) in [5.41, 5.74) is 1.23. The maximum Gasteiger partial charge on any atom is 0.232 e. The summed E-state index contributed by atoms with van der Waals surface area (Å²) in [5.74, 6) is 2.09. The standard InChI is InChI=1S/C14H22N2O3S/c1-10-12(11(2)19-15-10)7-20-8-13(17)16-6-4-5-14(3,18)9-16/h18H,4-9H2,1-3H3. The lowest BCUT2D eigenvalue weighted by Crippen LogP contribution is -2.49. The Morgan fingerprint density at radius 3 is 2.90 bits per heavy atom. The van der Waals surface area contributed by atoms with Crippen LogP contribution in [0.25, 0.3) is 0 Å². The zero-order valence-corrected chi connectivity index (χ0v) is 13.1. The molecule has 0 aromatic carbocycles. The number of nitrogens with zero attached hydrogens (tertiary/aromatic N) is 2. The molecular formula is C14H22N2O3S. The molecule has 5 nitrogen and oxygen atoms in total. The summed E-state index contributed by atoms with van der Waals surface area (Å²) in [7, 11) is 0. The molecule has 1 aromatic rings. The largest absolute Gasteiger partial charge is 0.388 e. The number of rotatable bonds is 4. The van der Waals surface area contributed by atoms with Crippen LogP contribution in [0, 0.1) is 13.8 Å². The molecule has 6 heteroatoms. The molecule has 2 rings (SSSR count). The monoisotopic (exact) mass is 298 g/mol. The highest BCUT2D eigenvalue weighted by Crippen LogP contribution is 2.23. The van der Waals surface area contributed by atoms with Gasteiger partial charge in [-0.15, -0.1) is 11.8 Å². The van der Waals surface area contributed by atoms with Crippen LogP contribution in [0.2, 0.25) is 0 Å². The molecule has 0 aliphatic carbocycles. The van der Waals surface area contributed by atoms with Crippen LogP contribution < -0.4 is 0 Å². The van der Waals surface area contributed by atoms with Crippen molar-refractivity contribution in [1.29, 1.82) is 0 Å². The molecule has 0 radical (unpaired) electrons. The number of carbonyl (C=O) groups excluding carboxylic acids is 1. The molecule has 1 atom stereocenters. The van der Waals surface area contributed by atoms with Crippen molar-refractivity contribution in [3.05, 3.63) is 17.0 Å². The van der Waals surface area contributed by atoms with Gasteiger partial charge in [-0.3, -0.25) is 4.79 Å². The number of likely N-dealkylation sites (tertiary alicyclic amines) is 1. The Bertz CT molecular complexity index is 465. The molecule has 0 bridgehead atoms. The summed E-state index contributed by atoms with van der Waals surface area (Å²) in [4.78, 5) is 13.9. The van der Waals surface area contributed by atoms with Gasteiger partial charge in [0.05, 0.1) is 17.0 Å². The normalized spacial score (nSPS) is 23.1. The number of aliphatic hydroxyl groups is 1. The highest BCUT2D eigenvalue weighted by molar-refractivity contribution is 7.99. The van der Waals surface area contributed by atoms with Gasteiger partial charge in [0, 0.05) is 24.4 Å². The third-order valence-electron chi connectivity index (χ3n) is 3.68. The molecule has 1 aromatic heterocycles. The van der Waals surface area contributed by atoms with Crippen molar-refractivity contribution in [3.63, 3.8) is 0 Å². The molecule has 1 amide bonds. The van der Waals surface area contributed by atoms with E-state index in [4.69, 9.17) is 4.52 Å². The molecule has 1 N–H and O–H groups in total. The van der Waals surface area contributed by atoms with Gasteiger partial charge in [-0.1, -0.05) is 5.16 Å². The molecule has 1 unspecified atom stereocenters. The minimum absolute atomic E-state index is 0.0988. The van der Waals surface area contributed by atoms with E-state index in [2.05, 4.69) is 5.16 Å². The second-order valence-electron chi connectivity index (χ2n) is 5.71. The summed E-state index contributed by atoms with van der Waals surface area (Å²) in [6.45, 7) is 6.79. The SMILES string of the molecule is Cc1noc(C)c1CSCC(=O)N1CCCC(C)(O)C1. The van der Waals surface area contributed by atoms with Crippen LogP contribution in [0.4, 0.5) is 0 Å². The smallest absolute Gasteiger partial charge is 0.232 e. The molecule has 20 heavy (non-hydrogen) atoms. The van der Waals surface area contributed by atoms with Gasteiger partial charge in [-0.05, 0) is 33.6 Å². The van der Waals surface area contributed by atoms with Crippen LogP contribution >= 0.6 is 11.8 Å². The average molecular weight is 298 g/mol. The van der Waals surface area contributed by atoms with Gasteiger partial charge in [0.15, 0.2) is 0 Å². The number of amides is 1. The predicted octanol–water partition coefficient (Wildman–Crippen LogP) is 1.90. The highest BCUT2D eigenvalue weighted by atomic mass is 32.2. The van der Waals surface area contributed by atoms with Gasteiger partial charge >= 0.3 is 0 Å². The number of aromatic nitrogens is 1. The first kappa shape index (κ1) is 15.4. The molecule has 2 heterocycles. The Hall–Kier alpha value is -1.01. The van der Waals surface area contributed by atoms with Crippen LogP contribution in [-0.2, 0) is 10.5 Å². The van der Waals surface area contributed by atoms with Gasteiger partial charge in [0.1, 0.15) is 5.76 Å². The summed E-state index contributed by atoms with van der Waals surface area (Å²) in [6, 6.07) is 0. The van der Waals surface area contributed by atoms with E-state index in [0.717, 1.165) is 42.2 Å². The second-order valence-corrected chi connectivity index (χ2v) is 6.70. The molecule has 1 aliphatic rings. The van der Waals surface area contributed by atoms with Crippen LogP contribution in [-0.4, -0.2) is 45.5 Å². The first-order valence-electron chi connectivity index (χ1n) is 6.89. The number of piperidine rings is 1. The fraction of sp³-hybridized carbons (Fsp3) is 0.714. The Balaban J connectivity index is 1.81. The number of carbonyl (C=O) groups is 1. The van der Waals surface area contributed by atoms with Gasteiger partial charge < -0.3 is 14.5 Å². The molecule has 0 spiro atoms. The van der Waals surface area contributed by atoms with Crippen LogP contribution in [0.15, 0.2) is 4.52 Å². The molecule has 112 valence electrons. The van der Waals surface area contributed by atoms with E-state index in [1.165, 1.54) is 0 Å². The number of aryl methyl sites for hydroxylation is 2. The summed E-state index contributed by atoms with van der Waals surface area (Å²) in [6.07, 6.45) is 1.64. The molecule has 0 saturated carbocycles. The van der Waals surface area contributed by atoms with E-state index in [1.807, 2.05) is 13.8 Å². The lowest BCUT2D eigenvalue weighted by Gasteiger charge is -2.36. The number of hydrogen-bond donors (Lipinski definition) is 1. The molecule has 1 fully saturated rings. The van der Waals surface area contributed by atoms with E-state index in [9.17, 15) is 9.90 Å². The zero-order valence-electron chi connectivity index (χ0n) is 12.3. The topological polar surface area (TPSA) is 66.6 Å². The number of β-amino-alcohol motifs (C(OH)–C–C–N with tert-alkyl or cyclic N) is 1. The van der Waals surface area contributed by atoms with E-state index in [0.29, 0.717) is 12.3 Å². The maximum atomic E-state index is 12.1. The van der Waals surface area contributed by atoms with E-state index < -0.39 is 5.60 Å². The summed E-state index contributed by atoms with van der Waals surface area (Å²) >= 11 is 1.57. The van der Waals surface area contributed by atoms with Crippen molar-refractivity contribution in [2.45, 2.75) is 45.0 Å². The molecule has 1 saturated heterocycles. The van der Waals surface area contributed by atoms with Crippen molar-refractivity contribution in [1.82, 2.24) is 10.1 Å². The van der Waals surface area contributed by atoms with Crippen LogP contribution in [0.1, 0.15) is 36.8 Å². The number of hydrogen-bond acceptors (Lipinski definition) is 5. The molecule has 1 aliphatic heterocycles. The maximum absolute atomic E-state index is 12.1. The van der Waals surface area contributed by atoms with E-state index in [-0.39, 0.29) is 5.91 Å². The Morgan fingerprint density at radius 2 is 2.30 bits per heavy atom. The molecular weight excluding hydrogens is 276 g/mol. The minimum atomic E-state index is -0.736. The van der Waals surface area contributed by atoms with Gasteiger partial charge in [-0.2, -0.15) is 0 Å². The predicted molar refractivity (Wildman–Crippen MR) is 78.6 cm³/mol. The Morgan fingerprint density at radius 1 is 1.55 bits per heavy atom. The van der Waals surface area contributed by atoms with Crippen molar-refractivity contribution >= 4 is 17.7 Å². The van der Waals surface area contributed by atoms with Crippen LogP contribution in [0.3, 0.4) is 0 Å². The third-order valence-corrected chi connectivity index (χ3v) is 4.62. The summed E-state index contributed by atoms with van der Waals surface area (Å²) in [5, 5.41) is 13.9. The van der Waals surface area contributed by atoms with Crippen molar-refractivity contribution in [3.8, 4) is 0 Å². The first-order valence-corrected chi connectivity index (χ1v) is 8.04. The van der Waals surface area contributed by atoms with Crippen molar-refractivity contribution < 1.29 is 14.4 Å². The van der Waals surface area contributed by atoms with Gasteiger partial charge in [0.2, 0.25) is 5.91 Å². The van der Waals surface area contributed by atoms with Crippen molar-refractivity contribution in [2.75, 3.05) is 18.8 Å². The first-order chi connectivity index (χ1) is 9.39. The fourth-order valence-corrected chi connectivity index (χ4v) is 3.55. The van der Waals surface area contributed by atoms with Crippen molar-refractivity contribution in [2.24, 2.45) is 0 Å². The highest BCUT2D eigenvalue weighted by Gasteiger charge is 2.30. The third kappa shape index (κ3) is 3.76. The van der Waals surface area contributed by atoms with Gasteiger partial charge in [0.25, 0.3) is 0 Å². The lowest BCUT2D eigenvalue weighted by atomic mass is 9.95.